The third-order valence-corrected chi connectivity index (χ3v) is 3.14. The standard InChI is InChI=1S/C13H10N6O2/c14-12-11-13(16-6-15-11)19(7-17-12)5-8-4-10(21-18-8)9-2-1-3-20-9/h1-4,6-7H,5H2,(H2,14,15,16)/p+1. The largest absolute Gasteiger partial charge is 0.461 e. The van der Waals surface area contributed by atoms with E-state index in [9.17, 15) is 0 Å². The molecule has 4 aromatic heterocycles. The summed E-state index contributed by atoms with van der Waals surface area (Å²) in [4.78, 5) is 11.3. The summed E-state index contributed by atoms with van der Waals surface area (Å²) in [6, 6.07) is 5.43. The van der Waals surface area contributed by atoms with Crippen molar-refractivity contribution in [2.75, 3.05) is 5.73 Å². The van der Waals surface area contributed by atoms with E-state index in [0.29, 0.717) is 35.0 Å². The van der Waals surface area contributed by atoms with Crippen LogP contribution in [0.15, 0.2) is 46.1 Å². The second kappa shape index (κ2) is 4.44. The highest BCUT2D eigenvalue weighted by Crippen LogP contribution is 2.20. The molecular formula is C13H11N6O2+. The molecular weight excluding hydrogens is 272 g/mol. The highest BCUT2D eigenvalue weighted by molar-refractivity contribution is 5.78. The molecule has 104 valence electrons. The van der Waals surface area contributed by atoms with Crippen LogP contribution in [0.3, 0.4) is 0 Å². The van der Waals surface area contributed by atoms with Gasteiger partial charge in [-0.25, -0.2) is 4.57 Å². The number of aromatic amines is 1. The van der Waals surface area contributed by atoms with Crippen molar-refractivity contribution in [3.05, 3.63) is 42.8 Å². The molecule has 0 radical (unpaired) electrons. The quantitative estimate of drug-likeness (QED) is 0.545. The van der Waals surface area contributed by atoms with Gasteiger partial charge in [-0.3, -0.25) is 0 Å². The molecule has 0 bridgehead atoms. The highest BCUT2D eigenvalue weighted by atomic mass is 16.5. The van der Waals surface area contributed by atoms with Gasteiger partial charge in [-0.2, -0.15) is 0 Å². The van der Waals surface area contributed by atoms with E-state index in [-0.39, 0.29) is 0 Å². The van der Waals surface area contributed by atoms with Crippen LogP contribution in [-0.2, 0) is 6.54 Å². The van der Waals surface area contributed by atoms with E-state index < -0.39 is 0 Å². The van der Waals surface area contributed by atoms with Crippen molar-refractivity contribution in [3.8, 4) is 11.5 Å². The number of hydrogen-bond acceptors (Lipinski definition) is 6. The molecule has 8 heteroatoms. The van der Waals surface area contributed by atoms with Crippen LogP contribution in [0.2, 0.25) is 0 Å². The number of nitrogens with two attached hydrogens (primary N) is 1. The first kappa shape index (κ1) is 11.6. The molecule has 0 saturated carbocycles. The summed E-state index contributed by atoms with van der Waals surface area (Å²) in [6.07, 6.45) is 4.79. The van der Waals surface area contributed by atoms with Gasteiger partial charge in [-0.05, 0) is 12.1 Å². The van der Waals surface area contributed by atoms with Crippen molar-refractivity contribution >= 4 is 17.0 Å². The Bertz CT molecular complexity index is 893. The number of aromatic nitrogens is 5. The maximum Gasteiger partial charge on any atom is 0.293 e. The minimum Gasteiger partial charge on any atom is -0.461 e. The van der Waals surface area contributed by atoms with Gasteiger partial charge in [0.2, 0.25) is 17.9 Å². The smallest absolute Gasteiger partial charge is 0.293 e. The number of anilines is 1. The Hall–Kier alpha value is -3.16. The van der Waals surface area contributed by atoms with Crippen LogP contribution >= 0.6 is 0 Å². The lowest BCUT2D eigenvalue weighted by Gasteiger charge is -1.97. The van der Waals surface area contributed by atoms with Gasteiger partial charge in [0.05, 0.1) is 6.26 Å². The Labute approximate surface area is 118 Å². The summed E-state index contributed by atoms with van der Waals surface area (Å²) in [5.74, 6) is 1.63. The predicted octanol–water partition coefficient (Wildman–Crippen LogP) is 1.12. The maximum atomic E-state index is 5.79. The van der Waals surface area contributed by atoms with Gasteiger partial charge in [-0.15, -0.1) is 0 Å². The number of hydrogen-bond donors (Lipinski definition) is 2. The van der Waals surface area contributed by atoms with E-state index in [0.717, 1.165) is 5.69 Å². The SMILES string of the molecule is Nc1nc[n+](Cc2cc(-c3ccco3)on2)c2nc[nH]c12. The van der Waals surface area contributed by atoms with E-state index in [1.54, 1.807) is 25.0 Å². The Morgan fingerprint density at radius 3 is 3.10 bits per heavy atom. The third kappa shape index (κ3) is 1.93. The molecule has 0 aliphatic heterocycles. The van der Waals surface area contributed by atoms with Gasteiger partial charge in [0, 0.05) is 6.07 Å². The predicted molar refractivity (Wildman–Crippen MR) is 71.8 cm³/mol. The Morgan fingerprint density at radius 1 is 1.29 bits per heavy atom. The first-order valence-corrected chi connectivity index (χ1v) is 6.28. The molecule has 0 fully saturated rings. The second-order valence-electron chi connectivity index (χ2n) is 4.52. The summed E-state index contributed by atoms with van der Waals surface area (Å²) < 4.78 is 12.4. The molecule has 0 unspecified atom stereocenters. The number of imidazole rings is 1. The van der Waals surface area contributed by atoms with Crippen molar-refractivity contribution in [1.82, 2.24) is 20.1 Å². The molecule has 0 atom stereocenters. The Kier molecular flexibility index (Phi) is 2.46. The molecule has 3 N–H and O–H groups in total. The zero-order chi connectivity index (χ0) is 14.2. The van der Waals surface area contributed by atoms with E-state index in [4.69, 9.17) is 14.7 Å². The summed E-state index contributed by atoms with van der Waals surface area (Å²) in [5, 5.41) is 4.03. The van der Waals surface area contributed by atoms with Crippen molar-refractivity contribution in [2.24, 2.45) is 0 Å². The topological polar surface area (TPSA) is 111 Å². The van der Waals surface area contributed by atoms with Crippen LogP contribution < -0.4 is 10.3 Å². The fraction of sp³-hybridized carbons (Fsp3) is 0.0769. The van der Waals surface area contributed by atoms with Crippen molar-refractivity contribution in [2.45, 2.75) is 6.54 Å². The average Bonchev–Trinajstić information content (AvgIpc) is 3.22. The van der Waals surface area contributed by atoms with Crippen LogP contribution in [0.5, 0.6) is 0 Å². The van der Waals surface area contributed by atoms with Crippen LogP contribution in [-0.4, -0.2) is 20.1 Å². The van der Waals surface area contributed by atoms with E-state index in [2.05, 4.69) is 20.1 Å². The van der Waals surface area contributed by atoms with Gasteiger partial charge in [-0.1, -0.05) is 15.1 Å². The number of fused-ring (bicyclic) bond motifs is 1. The second-order valence-corrected chi connectivity index (χ2v) is 4.52. The van der Waals surface area contributed by atoms with Gasteiger partial charge in [0.25, 0.3) is 5.65 Å². The van der Waals surface area contributed by atoms with E-state index in [1.807, 2.05) is 16.7 Å². The van der Waals surface area contributed by atoms with E-state index >= 15 is 0 Å². The monoisotopic (exact) mass is 283 g/mol. The first-order chi connectivity index (χ1) is 10.3. The molecule has 0 aliphatic carbocycles. The van der Waals surface area contributed by atoms with Crippen LogP contribution in [0, 0.1) is 0 Å². The number of H-pyrrole nitrogens is 1. The molecule has 0 saturated heterocycles. The number of nitrogens with zero attached hydrogens (tertiary/aromatic N) is 4. The van der Waals surface area contributed by atoms with Gasteiger partial charge in [0.15, 0.2) is 17.6 Å². The zero-order valence-corrected chi connectivity index (χ0v) is 10.9. The summed E-state index contributed by atoms with van der Waals surface area (Å²) >= 11 is 0. The Balaban J connectivity index is 1.69. The summed E-state index contributed by atoms with van der Waals surface area (Å²) in [6.45, 7) is 0.471. The van der Waals surface area contributed by atoms with Gasteiger partial charge >= 0.3 is 0 Å². The third-order valence-electron chi connectivity index (χ3n) is 3.14. The lowest BCUT2D eigenvalue weighted by Crippen LogP contribution is -2.36. The summed E-state index contributed by atoms with van der Waals surface area (Å²) in [7, 11) is 0. The lowest BCUT2D eigenvalue weighted by molar-refractivity contribution is -0.667. The van der Waals surface area contributed by atoms with E-state index in [1.165, 1.54) is 0 Å². The van der Waals surface area contributed by atoms with Crippen LogP contribution in [0.25, 0.3) is 22.7 Å². The van der Waals surface area contributed by atoms with Crippen molar-refractivity contribution in [3.63, 3.8) is 0 Å². The number of rotatable bonds is 3. The molecule has 0 spiro atoms. The zero-order valence-electron chi connectivity index (χ0n) is 10.9. The molecule has 4 heterocycles. The maximum absolute atomic E-state index is 5.79. The van der Waals surface area contributed by atoms with Crippen molar-refractivity contribution < 1.29 is 13.5 Å². The minimum absolute atomic E-state index is 0.412. The van der Waals surface area contributed by atoms with Crippen LogP contribution in [0.1, 0.15) is 5.69 Å². The molecule has 4 aromatic rings. The lowest BCUT2D eigenvalue weighted by atomic mass is 10.3. The molecule has 4 rings (SSSR count). The molecule has 21 heavy (non-hydrogen) atoms. The number of nitrogen functional groups attached to an aromatic ring is 1. The fourth-order valence-corrected chi connectivity index (χ4v) is 2.16. The number of furan rings is 1. The molecule has 8 nitrogen and oxygen atoms in total. The molecule has 0 aliphatic rings. The average molecular weight is 283 g/mol. The van der Waals surface area contributed by atoms with Gasteiger partial charge in [0.1, 0.15) is 12.2 Å². The highest BCUT2D eigenvalue weighted by Gasteiger charge is 2.17. The normalized spacial score (nSPS) is 11.2. The minimum atomic E-state index is 0.412. The number of nitrogens with one attached hydrogen (secondary N) is 1. The van der Waals surface area contributed by atoms with Gasteiger partial charge < -0.3 is 19.7 Å². The summed E-state index contributed by atoms with van der Waals surface area (Å²) in [5.41, 5.74) is 7.94. The fourth-order valence-electron chi connectivity index (χ4n) is 2.16. The van der Waals surface area contributed by atoms with Crippen molar-refractivity contribution in [1.29, 1.82) is 0 Å². The molecule has 0 aromatic carbocycles. The molecule has 0 amide bonds. The Morgan fingerprint density at radius 2 is 2.24 bits per heavy atom. The first-order valence-electron chi connectivity index (χ1n) is 6.28. The van der Waals surface area contributed by atoms with Crippen LogP contribution in [0.4, 0.5) is 5.82 Å².